The number of phenols is 5. The molecule has 1 heterocycles. The highest BCUT2D eigenvalue weighted by Gasteiger charge is 2.37. The van der Waals surface area contributed by atoms with Crippen molar-refractivity contribution >= 4 is 17.6 Å². The van der Waals surface area contributed by atoms with Crippen LogP contribution < -0.4 is 4.74 Å². The molecule has 0 amide bonds. The zero-order valence-electron chi connectivity index (χ0n) is 15.8. The van der Waals surface area contributed by atoms with Gasteiger partial charge in [0.15, 0.2) is 23.4 Å². The molecule has 1 aliphatic heterocycles. The highest BCUT2D eigenvalue weighted by Crippen LogP contribution is 2.45. The molecule has 0 unspecified atom stereocenters. The highest BCUT2D eigenvalue weighted by molar-refractivity contribution is 6.30. The van der Waals surface area contributed by atoms with Gasteiger partial charge in [-0.15, -0.1) is 0 Å². The third kappa shape index (κ3) is 3.97. The smallest absolute Gasteiger partial charge is 0.338 e. The molecule has 0 bridgehead atoms. The molecule has 3 aromatic rings. The molecule has 31 heavy (non-hydrogen) atoms. The monoisotopic (exact) mass is 444 g/mol. The average Bonchev–Trinajstić information content (AvgIpc) is 2.72. The number of carbonyl (C=O) groups excluding carboxylic acids is 1. The first kappa shape index (κ1) is 20.5. The Balaban J connectivity index is 1.73. The first-order chi connectivity index (χ1) is 14.7. The number of halogens is 1. The third-order valence-corrected chi connectivity index (χ3v) is 5.18. The standard InChI is InChI=1S/C22H17ClO8/c23-12-3-1-10(2-4-12)22(29)31-19-9-14-15(25)7-13(24)8-18(14)30-21(19)11-5-16(26)20(28)17(27)6-11/h1-8,19,21,24-28H,9H2/t19-,21-/m1/s1. The summed E-state index contributed by atoms with van der Waals surface area (Å²) < 4.78 is 11.5. The number of rotatable bonds is 3. The largest absolute Gasteiger partial charge is 0.508 e. The summed E-state index contributed by atoms with van der Waals surface area (Å²) in [6.45, 7) is 0. The van der Waals surface area contributed by atoms with Gasteiger partial charge in [0.2, 0.25) is 0 Å². The van der Waals surface area contributed by atoms with Crippen LogP contribution in [0, 0.1) is 0 Å². The predicted molar refractivity (Wildman–Crippen MR) is 109 cm³/mol. The maximum absolute atomic E-state index is 12.7. The number of carbonyl (C=O) groups is 1. The molecule has 0 fully saturated rings. The molecule has 4 rings (SSSR count). The van der Waals surface area contributed by atoms with Crippen LogP contribution in [0.2, 0.25) is 5.02 Å². The van der Waals surface area contributed by atoms with Crippen LogP contribution in [0.3, 0.4) is 0 Å². The van der Waals surface area contributed by atoms with Gasteiger partial charge in [-0.3, -0.25) is 0 Å². The number of fused-ring (bicyclic) bond motifs is 1. The van der Waals surface area contributed by atoms with Crippen LogP contribution in [0.5, 0.6) is 34.5 Å². The number of benzene rings is 3. The van der Waals surface area contributed by atoms with Gasteiger partial charge in [0, 0.05) is 34.7 Å². The quantitative estimate of drug-likeness (QED) is 0.304. The Morgan fingerprint density at radius 2 is 1.58 bits per heavy atom. The van der Waals surface area contributed by atoms with Crippen molar-refractivity contribution in [2.75, 3.05) is 0 Å². The van der Waals surface area contributed by atoms with Crippen molar-refractivity contribution < 1.29 is 39.8 Å². The minimum Gasteiger partial charge on any atom is -0.508 e. The molecule has 5 N–H and O–H groups in total. The first-order valence-corrected chi connectivity index (χ1v) is 9.53. The van der Waals surface area contributed by atoms with Gasteiger partial charge in [0.05, 0.1) is 5.56 Å². The molecular weight excluding hydrogens is 428 g/mol. The van der Waals surface area contributed by atoms with E-state index in [1.54, 1.807) is 0 Å². The van der Waals surface area contributed by atoms with Gasteiger partial charge in [-0.1, -0.05) is 11.6 Å². The van der Waals surface area contributed by atoms with E-state index in [1.165, 1.54) is 30.3 Å². The van der Waals surface area contributed by atoms with E-state index in [0.717, 1.165) is 18.2 Å². The fourth-order valence-corrected chi connectivity index (χ4v) is 3.54. The van der Waals surface area contributed by atoms with Gasteiger partial charge in [0.25, 0.3) is 0 Å². The Morgan fingerprint density at radius 3 is 2.23 bits per heavy atom. The summed E-state index contributed by atoms with van der Waals surface area (Å²) in [7, 11) is 0. The second-order valence-corrected chi connectivity index (χ2v) is 7.48. The molecule has 3 aromatic carbocycles. The second kappa shape index (κ2) is 7.81. The Bertz CT molecular complexity index is 1140. The fourth-order valence-electron chi connectivity index (χ4n) is 3.41. The summed E-state index contributed by atoms with van der Waals surface area (Å²) in [6, 6.07) is 10.8. The molecule has 0 saturated carbocycles. The van der Waals surface area contributed by atoms with Crippen LogP contribution in [0.4, 0.5) is 0 Å². The van der Waals surface area contributed by atoms with E-state index in [1.807, 2.05) is 0 Å². The van der Waals surface area contributed by atoms with Gasteiger partial charge in [0.1, 0.15) is 23.4 Å². The lowest BCUT2D eigenvalue weighted by Crippen LogP contribution is -2.34. The molecular formula is C22H17ClO8. The molecule has 8 nitrogen and oxygen atoms in total. The van der Waals surface area contributed by atoms with Gasteiger partial charge in [-0.2, -0.15) is 0 Å². The second-order valence-electron chi connectivity index (χ2n) is 7.04. The van der Waals surface area contributed by atoms with E-state index < -0.39 is 35.4 Å². The van der Waals surface area contributed by atoms with E-state index in [-0.39, 0.29) is 34.8 Å². The van der Waals surface area contributed by atoms with Crippen molar-refractivity contribution in [3.05, 3.63) is 70.2 Å². The summed E-state index contributed by atoms with van der Waals surface area (Å²) in [4.78, 5) is 12.7. The lowest BCUT2D eigenvalue weighted by molar-refractivity contribution is -0.0188. The van der Waals surface area contributed by atoms with Crippen molar-refractivity contribution in [2.45, 2.75) is 18.6 Å². The highest BCUT2D eigenvalue weighted by atomic mass is 35.5. The minimum absolute atomic E-state index is 0.0217. The van der Waals surface area contributed by atoms with E-state index in [9.17, 15) is 30.3 Å². The molecule has 9 heteroatoms. The average molecular weight is 445 g/mol. The third-order valence-electron chi connectivity index (χ3n) is 4.93. The summed E-state index contributed by atoms with van der Waals surface area (Å²) in [5, 5.41) is 49.9. The van der Waals surface area contributed by atoms with Crippen LogP contribution >= 0.6 is 11.6 Å². The maximum atomic E-state index is 12.7. The van der Waals surface area contributed by atoms with Gasteiger partial charge >= 0.3 is 5.97 Å². The van der Waals surface area contributed by atoms with Crippen molar-refractivity contribution in [1.82, 2.24) is 0 Å². The summed E-state index contributed by atoms with van der Waals surface area (Å²) >= 11 is 5.85. The van der Waals surface area contributed by atoms with E-state index in [0.29, 0.717) is 10.6 Å². The van der Waals surface area contributed by atoms with Gasteiger partial charge in [-0.05, 0) is 36.4 Å². The fraction of sp³-hybridized carbons (Fsp3) is 0.136. The number of ether oxygens (including phenoxy) is 2. The molecule has 160 valence electrons. The zero-order chi connectivity index (χ0) is 22.3. The van der Waals surface area contributed by atoms with E-state index in [4.69, 9.17) is 21.1 Å². The van der Waals surface area contributed by atoms with Crippen LogP contribution in [-0.4, -0.2) is 37.6 Å². The molecule has 0 spiro atoms. The summed E-state index contributed by atoms with van der Waals surface area (Å²) in [5.74, 6) is -2.89. The van der Waals surface area contributed by atoms with Crippen LogP contribution in [0.25, 0.3) is 0 Å². The van der Waals surface area contributed by atoms with Crippen LogP contribution in [0.15, 0.2) is 48.5 Å². The number of esters is 1. The normalized spacial score (nSPS) is 17.5. The summed E-state index contributed by atoms with van der Waals surface area (Å²) in [5.41, 5.74) is 0.755. The Kier molecular flexibility index (Phi) is 5.16. The molecule has 0 saturated heterocycles. The van der Waals surface area contributed by atoms with Crippen molar-refractivity contribution in [2.24, 2.45) is 0 Å². The van der Waals surface area contributed by atoms with Crippen LogP contribution in [0.1, 0.15) is 27.6 Å². The predicted octanol–water partition coefficient (Wildman–Crippen LogP) is 3.77. The molecule has 1 aliphatic rings. The van der Waals surface area contributed by atoms with Crippen LogP contribution in [-0.2, 0) is 11.2 Å². The number of phenolic OH excluding ortho intramolecular Hbond substituents is 5. The Hall–Kier alpha value is -3.78. The molecule has 2 atom stereocenters. The Morgan fingerprint density at radius 1 is 0.935 bits per heavy atom. The SMILES string of the molecule is O=C(O[C@@H]1Cc2c(O)cc(O)cc2O[C@@H]1c1cc(O)c(O)c(O)c1)c1ccc(Cl)cc1. The lowest BCUT2D eigenvalue weighted by atomic mass is 9.93. The van der Waals surface area contributed by atoms with Gasteiger partial charge < -0.3 is 35.0 Å². The first-order valence-electron chi connectivity index (χ1n) is 9.16. The van der Waals surface area contributed by atoms with Crippen molar-refractivity contribution in [3.8, 4) is 34.5 Å². The maximum Gasteiger partial charge on any atom is 0.338 e. The topological polar surface area (TPSA) is 137 Å². The number of hydrogen-bond donors (Lipinski definition) is 5. The zero-order valence-corrected chi connectivity index (χ0v) is 16.6. The van der Waals surface area contributed by atoms with Gasteiger partial charge in [-0.25, -0.2) is 4.79 Å². The molecule has 0 aromatic heterocycles. The summed E-state index contributed by atoms with van der Waals surface area (Å²) in [6.07, 6.45) is -1.98. The van der Waals surface area contributed by atoms with Crippen molar-refractivity contribution in [1.29, 1.82) is 0 Å². The molecule has 0 aliphatic carbocycles. The van der Waals surface area contributed by atoms with E-state index in [2.05, 4.69) is 0 Å². The van der Waals surface area contributed by atoms with E-state index >= 15 is 0 Å². The molecule has 0 radical (unpaired) electrons. The minimum atomic E-state index is -1.03. The Labute approximate surface area is 181 Å². The van der Waals surface area contributed by atoms with Crippen molar-refractivity contribution in [3.63, 3.8) is 0 Å². The number of hydrogen-bond acceptors (Lipinski definition) is 8. The lowest BCUT2D eigenvalue weighted by Gasteiger charge is -2.34. The number of aromatic hydroxyl groups is 5.